The number of carbonyl (C=O) groups is 1. The topological polar surface area (TPSA) is 55.0 Å². The number of nitriles is 1. The van der Waals surface area contributed by atoms with Crippen LogP contribution in [0.4, 0.5) is 0 Å². The molecular weight excluding hydrogens is 451 g/mol. The van der Waals surface area contributed by atoms with Crippen LogP contribution in [-0.4, -0.2) is 17.6 Å². The van der Waals surface area contributed by atoms with Crippen molar-refractivity contribution in [2.75, 3.05) is 7.11 Å². The number of methoxy groups -OCH3 is 1. The average Bonchev–Trinajstić information content (AvgIpc) is 2.95. The van der Waals surface area contributed by atoms with Gasteiger partial charge in [-0.05, 0) is 71.7 Å². The molecule has 0 aliphatic heterocycles. The molecule has 0 aliphatic rings. The second kappa shape index (κ2) is 8.57. The van der Waals surface area contributed by atoms with Gasteiger partial charge in [0.25, 0.3) is 0 Å². The first-order valence-corrected chi connectivity index (χ1v) is 9.94. The normalized spacial score (nSPS) is 10.7. The van der Waals surface area contributed by atoms with E-state index >= 15 is 0 Å². The summed E-state index contributed by atoms with van der Waals surface area (Å²) in [4.78, 5) is 12.0. The molecule has 27 heavy (non-hydrogen) atoms. The van der Waals surface area contributed by atoms with Crippen molar-refractivity contribution in [3.8, 4) is 6.07 Å². The van der Waals surface area contributed by atoms with Crippen molar-refractivity contribution in [2.24, 2.45) is 0 Å². The Labute approximate surface area is 172 Å². The molecule has 2 aromatic carbocycles. The lowest BCUT2D eigenvalue weighted by molar-refractivity contribution is 0.0601. The van der Waals surface area contributed by atoms with Crippen LogP contribution in [0.5, 0.6) is 0 Å². The number of halogens is 1. The number of rotatable bonds is 6. The third-order valence-electron chi connectivity index (χ3n) is 4.75. The Kier molecular flexibility index (Phi) is 6.17. The molecule has 0 bridgehead atoms. The molecule has 138 valence electrons. The fraction of sp³-hybridized carbons (Fsp3) is 0.273. The minimum atomic E-state index is -0.332. The van der Waals surface area contributed by atoms with Crippen LogP contribution in [0.1, 0.15) is 33.5 Å². The van der Waals surface area contributed by atoms with Gasteiger partial charge in [0.1, 0.15) is 0 Å². The van der Waals surface area contributed by atoms with Crippen molar-refractivity contribution >= 4 is 39.5 Å². The van der Waals surface area contributed by atoms with Gasteiger partial charge in [-0.15, -0.1) is 0 Å². The summed E-state index contributed by atoms with van der Waals surface area (Å²) in [6.45, 7) is 2.73. The number of hydrogen-bond acceptors (Lipinski definition) is 3. The molecular formula is C22H21IN2O2. The zero-order valence-electron chi connectivity index (χ0n) is 15.5. The molecule has 0 atom stereocenters. The van der Waals surface area contributed by atoms with Crippen LogP contribution in [0.3, 0.4) is 0 Å². The van der Waals surface area contributed by atoms with Gasteiger partial charge in [-0.3, -0.25) is 0 Å². The number of benzene rings is 2. The first-order valence-electron chi connectivity index (χ1n) is 8.86. The molecule has 0 saturated carbocycles. The molecule has 0 fully saturated rings. The summed E-state index contributed by atoms with van der Waals surface area (Å²) < 4.78 is 8.18. The maximum Gasteiger partial charge on any atom is 0.337 e. The molecule has 0 saturated heterocycles. The summed E-state index contributed by atoms with van der Waals surface area (Å²) in [6, 6.07) is 16.5. The lowest BCUT2D eigenvalue weighted by Gasteiger charge is -2.05. The third-order valence-corrected chi connectivity index (χ3v) is 5.98. The quantitative estimate of drug-likeness (QED) is 0.373. The van der Waals surface area contributed by atoms with Crippen molar-refractivity contribution < 1.29 is 9.53 Å². The Morgan fingerprint density at radius 2 is 1.93 bits per heavy atom. The van der Waals surface area contributed by atoms with Crippen molar-refractivity contribution in [3.05, 3.63) is 68.4 Å². The van der Waals surface area contributed by atoms with E-state index in [-0.39, 0.29) is 5.97 Å². The van der Waals surface area contributed by atoms with Gasteiger partial charge in [-0.1, -0.05) is 29.8 Å². The van der Waals surface area contributed by atoms with E-state index in [2.05, 4.69) is 64.4 Å². The average molecular weight is 472 g/mol. The molecule has 3 aromatic rings. The van der Waals surface area contributed by atoms with Crippen molar-refractivity contribution in [2.45, 2.75) is 32.7 Å². The highest BCUT2D eigenvalue weighted by Gasteiger charge is 2.17. The van der Waals surface area contributed by atoms with E-state index in [1.165, 1.54) is 23.8 Å². The van der Waals surface area contributed by atoms with Crippen LogP contribution in [0.15, 0.2) is 42.5 Å². The fourth-order valence-corrected chi connectivity index (χ4v) is 4.34. The van der Waals surface area contributed by atoms with Crippen LogP contribution in [0.2, 0.25) is 0 Å². The van der Waals surface area contributed by atoms with Crippen LogP contribution in [0, 0.1) is 22.0 Å². The number of aromatic nitrogens is 1. The number of fused-ring (bicyclic) bond motifs is 1. The van der Waals surface area contributed by atoms with Crippen molar-refractivity contribution in [1.29, 1.82) is 5.26 Å². The minimum Gasteiger partial charge on any atom is -0.465 e. The van der Waals surface area contributed by atoms with Crippen LogP contribution >= 0.6 is 22.6 Å². The van der Waals surface area contributed by atoms with Crippen LogP contribution < -0.4 is 0 Å². The standard InChI is InChI=1S/C22H21IN2O2/c1-15-4-6-16(7-5-15)8-10-18-19-14-17(22(26)27-2)9-11-20(19)25(21(18)23)13-3-12-24/h4-7,9,11,14H,3,8,10,13H2,1-2H3. The molecule has 0 spiro atoms. The smallest absolute Gasteiger partial charge is 0.337 e. The van der Waals surface area contributed by atoms with Crippen LogP contribution in [0.25, 0.3) is 10.9 Å². The predicted molar refractivity (Wildman–Crippen MR) is 115 cm³/mol. The first-order chi connectivity index (χ1) is 13.0. The zero-order valence-corrected chi connectivity index (χ0v) is 17.6. The lowest BCUT2D eigenvalue weighted by atomic mass is 10.0. The molecule has 1 aromatic heterocycles. The van der Waals surface area contributed by atoms with Gasteiger partial charge in [0.2, 0.25) is 0 Å². The summed E-state index contributed by atoms with van der Waals surface area (Å²) >= 11 is 2.36. The number of aryl methyl sites for hydroxylation is 4. The molecule has 0 aliphatic carbocycles. The van der Waals surface area contributed by atoms with Crippen molar-refractivity contribution in [1.82, 2.24) is 4.57 Å². The highest BCUT2D eigenvalue weighted by molar-refractivity contribution is 14.1. The molecule has 3 rings (SSSR count). The van der Waals surface area contributed by atoms with E-state index in [0.29, 0.717) is 18.5 Å². The largest absolute Gasteiger partial charge is 0.465 e. The van der Waals surface area contributed by atoms with Crippen LogP contribution in [-0.2, 0) is 24.1 Å². The van der Waals surface area contributed by atoms with Crippen molar-refractivity contribution in [3.63, 3.8) is 0 Å². The van der Waals surface area contributed by atoms with Gasteiger partial charge in [-0.2, -0.15) is 5.26 Å². The molecule has 0 N–H and O–H groups in total. The molecule has 4 nitrogen and oxygen atoms in total. The number of hydrogen-bond donors (Lipinski definition) is 0. The third kappa shape index (κ3) is 4.16. The second-order valence-electron chi connectivity index (χ2n) is 6.54. The van der Waals surface area contributed by atoms with E-state index in [1.54, 1.807) is 6.07 Å². The minimum absolute atomic E-state index is 0.332. The molecule has 0 unspecified atom stereocenters. The highest BCUT2D eigenvalue weighted by Crippen LogP contribution is 2.30. The molecule has 1 heterocycles. The maximum atomic E-state index is 12.0. The van der Waals surface area contributed by atoms with E-state index in [4.69, 9.17) is 10.00 Å². The number of carbonyl (C=O) groups excluding carboxylic acids is 1. The second-order valence-corrected chi connectivity index (χ2v) is 7.56. The van der Waals surface area contributed by atoms with E-state index in [0.717, 1.165) is 27.4 Å². The van der Waals surface area contributed by atoms with Gasteiger partial charge < -0.3 is 9.30 Å². The Balaban J connectivity index is 2.02. The van der Waals surface area contributed by atoms with E-state index in [9.17, 15) is 4.79 Å². The fourth-order valence-electron chi connectivity index (χ4n) is 3.28. The molecule has 0 radical (unpaired) electrons. The molecule has 5 heteroatoms. The van der Waals surface area contributed by atoms with Gasteiger partial charge in [0.15, 0.2) is 0 Å². The number of esters is 1. The van der Waals surface area contributed by atoms with Gasteiger partial charge in [-0.25, -0.2) is 4.79 Å². The number of nitrogens with zero attached hydrogens (tertiary/aromatic N) is 2. The first kappa shape index (κ1) is 19.4. The van der Waals surface area contributed by atoms with E-state index < -0.39 is 0 Å². The summed E-state index contributed by atoms with van der Waals surface area (Å²) in [5.41, 5.74) is 5.37. The monoisotopic (exact) mass is 472 g/mol. The SMILES string of the molecule is COC(=O)c1ccc2c(c1)c(CCc1ccc(C)cc1)c(I)n2CCC#N. The Morgan fingerprint density at radius 3 is 2.59 bits per heavy atom. The van der Waals surface area contributed by atoms with Gasteiger partial charge >= 0.3 is 5.97 Å². The van der Waals surface area contributed by atoms with E-state index in [1.807, 2.05) is 12.1 Å². The Hall–Kier alpha value is -2.33. The predicted octanol–water partition coefficient (Wildman–Crippen LogP) is 5.04. The lowest BCUT2D eigenvalue weighted by Crippen LogP contribution is -2.02. The zero-order chi connectivity index (χ0) is 19.4. The maximum absolute atomic E-state index is 12.0. The summed E-state index contributed by atoms with van der Waals surface area (Å²) in [5.74, 6) is -0.332. The Bertz CT molecular complexity index is 1010. The van der Waals surface area contributed by atoms with Gasteiger partial charge in [0.05, 0.1) is 28.9 Å². The summed E-state index contributed by atoms with van der Waals surface area (Å²) in [6.07, 6.45) is 2.26. The Morgan fingerprint density at radius 1 is 1.19 bits per heavy atom. The number of ether oxygens (including phenoxy) is 1. The summed E-state index contributed by atoms with van der Waals surface area (Å²) in [7, 11) is 1.40. The summed E-state index contributed by atoms with van der Waals surface area (Å²) in [5, 5.41) is 10.1. The van der Waals surface area contributed by atoms with Gasteiger partial charge in [0, 0.05) is 17.4 Å². The molecule has 0 amide bonds. The highest BCUT2D eigenvalue weighted by atomic mass is 127.